The van der Waals surface area contributed by atoms with Crippen LogP contribution in [-0.2, 0) is 0 Å². The highest BCUT2D eigenvalue weighted by Crippen LogP contribution is 2.22. The molecule has 0 unspecified atom stereocenters. The lowest BCUT2D eigenvalue weighted by Gasteiger charge is -2.32. The minimum atomic E-state index is 0.188. The standard InChI is InChI=1S/C17H23BrN2OS/c18-15-6-3-5-14(11-15)17(21)20-9-4-10-22-13-16(20)12-19-7-1-2-8-19/h3,5-6,11,16H,1-2,4,7-10,12-13H2/t16-/m1/s1. The molecule has 0 saturated carbocycles. The number of halogens is 1. The maximum atomic E-state index is 13.0. The van der Waals surface area contributed by atoms with Crippen LogP contribution in [0, 0.1) is 0 Å². The summed E-state index contributed by atoms with van der Waals surface area (Å²) < 4.78 is 0.971. The number of benzene rings is 1. The molecule has 120 valence electrons. The predicted molar refractivity (Wildman–Crippen MR) is 96.6 cm³/mol. The Morgan fingerprint density at radius 2 is 2.05 bits per heavy atom. The van der Waals surface area contributed by atoms with E-state index in [2.05, 4.69) is 25.7 Å². The molecule has 3 nitrogen and oxygen atoms in total. The molecular formula is C17H23BrN2OS. The van der Waals surface area contributed by atoms with Crippen molar-refractivity contribution >= 4 is 33.6 Å². The summed E-state index contributed by atoms with van der Waals surface area (Å²) in [6.07, 6.45) is 3.71. The molecule has 2 aliphatic rings. The summed E-state index contributed by atoms with van der Waals surface area (Å²) in [7, 11) is 0. The normalized spacial score (nSPS) is 23.5. The first-order chi connectivity index (χ1) is 10.7. The first kappa shape index (κ1) is 16.3. The molecule has 0 radical (unpaired) electrons. The molecule has 0 N–H and O–H groups in total. The van der Waals surface area contributed by atoms with Gasteiger partial charge in [0.05, 0.1) is 6.04 Å². The van der Waals surface area contributed by atoms with Crippen LogP contribution >= 0.6 is 27.7 Å². The molecule has 0 aromatic heterocycles. The molecule has 22 heavy (non-hydrogen) atoms. The highest BCUT2D eigenvalue weighted by molar-refractivity contribution is 9.10. The molecule has 2 heterocycles. The number of carbonyl (C=O) groups excluding carboxylic acids is 1. The summed E-state index contributed by atoms with van der Waals surface area (Å²) in [5.41, 5.74) is 0.799. The van der Waals surface area contributed by atoms with Crippen molar-refractivity contribution in [1.29, 1.82) is 0 Å². The van der Waals surface area contributed by atoms with Crippen molar-refractivity contribution in [3.63, 3.8) is 0 Å². The van der Waals surface area contributed by atoms with E-state index in [-0.39, 0.29) is 5.91 Å². The zero-order chi connectivity index (χ0) is 15.4. The van der Waals surface area contributed by atoms with Crippen molar-refractivity contribution in [3.8, 4) is 0 Å². The zero-order valence-electron chi connectivity index (χ0n) is 12.8. The Labute approximate surface area is 145 Å². The third kappa shape index (κ3) is 4.06. The van der Waals surface area contributed by atoms with Gasteiger partial charge >= 0.3 is 0 Å². The molecule has 2 saturated heterocycles. The van der Waals surface area contributed by atoms with Crippen LogP contribution in [0.5, 0.6) is 0 Å². The van der Waals surface area contributed by atoms with E-state index in [1.807, 2.05) is 36.0 Å². The molecule has 1 amide bonds. The second kappa shape index (κ2) is 7.84. The molecule has 0 aliphatic carbocycles. The van der Waals surface area contributed by atoms with Gasteiger partial charge in [0.25, 0.3) is 5.91 Å². The molecule has 1 atom stereocenters. The Morgan fingerprint density at radius 3 is 2.82 bits per heavy atom. The van der Waals surface area contributed by atoms with Gasteiger partial charge in [-0.2, -0.15) is 11.8 Å². The number of carbonyl (C=O) groups is 1. The quantitative estimate of drug-likeness (QED) is 0.798. The predicted octanol–water partition coefficient (Wildman–Crippen LogP) is 3.49. The van der Waals surface area contributed by atoms with Gasteiger partial charge < -0.3 is 9.80 Å². The number of rotatable bonds is 3. The number of hydrogen-bond donors (Lipinski definition) is 0. The lowest BCUT2D eigenvalue weighted by atomic mass is 10.1. The maximum Gasteiger partial charge on any atom is 0.254 e. The molecule has 2 fully saturated rings. The summed E-state index contributed by atoms with van der Waals surface area (Å²) in [6.45, 7) is 4.31. The van der Waals surface area contributed by atoms with Crippen molar-refractivity contribution in [2.45, 2.75) is 25.3 Å². The Hall–Kier alpha value is -0.520. The molecule has 1 aromatic carbocycles. The van der Waals surface area contributed by atoms with Gasteiger partial charge in [-0.1, -0.05) is 22.0 Å². The minimum absolute atomic E-state index is 0.188. The fourth-order valence-corrected chi connectivity index (χ4v) is 4.75. The van der Waals surface area contributed by atoms with Gasteiger partial charge in [0.2, 0.25) is 0 Å². The van der Waals surface area contributed by atoms with E-state index in [9.17, 15) is 4.79 Å². The van der Waals surface area contributed by atoms with Gasteiger partial charge in [0.1, 0.15) is 0 Å². The van der Waals surface area contributed by atoms with E-state index >= 15 is 0 Å². The number of thioether (sulfide) groups is 1. The van der Waals surface area contributed by atoms with Crippen LogP contribution in [0.2, 0.25) is 0 Å². The van der Waals surface area contributed by atoms with Crippen LogP contribution in [-0.4, -0.2) is 59.4 Å². The van der Waals surface area contributed by atoms with Crippen LogP contribution in [0.3, 0.4) is 0 Å². The Balaban J connectivity index is 1.75. The van der Waals surface area contributed by atoms with Crippen LogP contribution in [0.4, 0.5) is 0 Å². The highest BCUT2D eigenvalue weighted by atomic mass is 79.9. The summed E-state index contributed by atoms with van der Waals surface area (Å²) >= 11 is 5.47. The lowest BCUT2D eigenvalue weighted by molar-refractivity contribution is 0.0666. The highest BCUT2D eigenvalue weighted by Gasteiger charge is 2.29. The van der Waals surface area contributed by atoms with Crippen LogP contribution in [0.25, 0.3) is 0 Å². The van der Waals surface area contributed by atoms with Gasteiger partial charge in [-0.3, -0.25) is 4.79 Å². The van der Waals surface area contributed by atoms with E-state index in [0.717, 1.165) is 35.3 Å². The van der Waals surface area contributed by atoms with E-state index in [1.54, 1.807) is 0 Å². The molecule has 2 aliphatic heterocycles. The van der Waals surface area contributed by atoms with Crippen LogP contribution in [0.1, 0.15) is 29.6 Å². The molecule has 0 spiro atoms. The third-order valence-corrected chi connectivity index (χ3v) is 6.13. The molecule has 3 rings (SSSR count). The number of hydrogen-bond acceptors (Lipinski definition) is 3. The van der Waals surface area contributed by atoms with Gasteiger partial charge in [0, 0.05) is 28.9 Å². The van der Waals surface area contributed by atoms with E-state index in [1.165, 1.54) is 31.7 Å². The fraction of sp³-hybridized carbons (Fsp3) is 0.588. The summed E-state index contributed by atoms with van der Waals surface area (Å²) in [4.78, 5) is 17.6. The molecule has 0 bridgehead atoms. The van der Waals surface area contributed by atoms with Crippen molar-refractivity contribution in [2.75, 3.05) is 37.7 Å². The molecule has 1 aromatic rings. The summed E-state index contributed by atoms with van der Waals surface area (Å²) in [5.74, 6) is 2.42. The van der Waals surface area contributed by atoms with Crippen molar-refractivity contribution in [1.82, 2.24) is 9.80 Å². The van der Waals surface area contributed by atoms with E-state index in [4.69, 9.17) is 0 Å². The van der Waals surface area contributed by atoms with Crippen LogP contribution < -0.4 is 0 Å². The van der Waals surface area contributed by atoms with E-state index < -0.39 is 0 Å². The fourth-order valence-electron chi connectivity index (χ4n) is 3.30. The van der Waals surface area contributed by atoms with Crippen molar-refractivity contribution in [2.24, 2.45) is 0 Å². The van der Waals surface area contributed by atoms with Crippen molar-refractivity contribution in [3.05, 3.63) is 34.3 Å². The minimum Gasteiger partial charge on any atom is -0.334 e. The Kier molecular flexibility index (Phi) is 5.83. The second-order valence-electron chi connectivity index (χ2n) is 6.10. The molecule has 5 heteroatoms. The SMILES string of the molecule is O=C(c1cccc(Br)c1)N1CCCSC[C@H]1CN1CCCC1. The second-order valence-corrected chi connectivity index (χ2v) is 8.16. The topological polar surface area (TPSA) is 23.6 Å². The first-order valence-corrected chi connectivity index (χ1v) is 10.1. The summed E-state index contributed by atoms with van der Waals surface area (Å²) in [5, 5.41) is 0. The van der Waals surface area contributed by atoms with E-state index in [0.29, 0.717) is 6.04 Å². The number of amides is 1. The van der Waals surface area contributed by atoms with Gasteiger partial charge in [-0.25, -0.2) is 0 Å². The smallest absolute Gasteiger partial charge is 0.254 e. The number of likely N-dealkylation sites (tertiary alicyclic amines) is 1. The largest absolute Gasteiger partial charge is 0.334 e. The zero-order valence-corrected chi connectivity index (χ0v) is 15.2. The monoisotopic (exact) mass is 382 g/mol. The summed E-state index contributed by atoms with van der Waals surface area (Å²) in [6, 6.07) is 8.12. The number of nitrogens with zero attached hydrogens (tertiary/aromatic N) is 2. The maximum absolute atomic E-state index is 13.0. The Bertz CT molecular complexity index is 519. The van der Waals surface area contributed by atoms with Gasteiger partial charge in [-0.05, 0) is 56.3 Å². The molecular weight excluding hydrogens is 360 g/mol. The van der Waals surface area contributed by atoms with Crippen molar-refractivity contribution < 1.29 is 4.79 Å². The average Bonchev–Trinajstić information content (AvgIpc) is 2.92. The third-order valence-electron chi connectivity index (χ3n) is 4.44. The lowest BCUT2D eigenvalue weighted by Crippen LogP contribution is -2.47. The van der Waals surface area contributed by atoms with Gasteiger partial charge in [-0.15, -0.1) is 0 Å². The van der Waals surface area contributed by atoms with Crippen LogP contribution in [0.15, 0.2) is 28.7 Å². The van der Waals surface area contributed by atoms with Gasteiger partial charge in [0.15, 0.2) is 0 Å². The Morgan fingerprint density at radius 1 is 1.23 bits per heavy atom. The average molecular weight is 383 g/mol. The first-order valence-electron chi connectivity index (χ1n) is 8.11.